The van der Waals surface area contributed by atoms with Gasteiger partial charge in [0.1, 0.15) is 11.5 Å². The summed E-state index contributed by atoms with van der Waals surface area (Å²) in [4.78, 5) is 25.3. The van der Waals surface area contributed by atoms with Crippen molar-refractivity contribution in [1.29, 1.82) is 0 Å². The molecule has 0 bridgehead atoms. The molecule has 3 aromatic rings. The topological polar surface area (TPSA) is 52.6 Å². The van der Waals surface area contributed by atoms with E-state index in [-0.39, 0.29) is 17.3 Å². The number of carbonyl (C=O) groups excluding carboxylic acids is 2. The number of methoxy groups -OCH3 is 1. The zero-order chi connectivity index (χ0) is 20.6. The molecule has 3 rings (SSSR count). The number of carbonyl (C=O) groups is 2. The lowest BCUT2D eigenvalue weighted by atomic mass is 10.0. The van der Waals surface area contributed by atoms with Gasteiger partial charge in [0.2, 0.25) is 0 Å². The van der Waals surface area contributed by atoms with E-state index in [1.165, 1.54) is 18.9 Å². The predicted octanol–water partition coefficient (Wildman–Crippen LogP) is 5.07. The highest BCUT2D eigenvalue weighted by molar-refractivity contribution is 7.99. The van der Waals surface area contributed by atoms with Gasteiger partial charge in [0, 0.05) is 17.4 Å². The number of ketones is 1. The SMILES string of the molecule is COc1ccc(C(=O)c2ccc(C)cc2)c(OC(=O)CSCc2ccccc2)c1. The third kappa shape index (κ3) is 5.72. The number of rotatable bonds is 8. The fourth-order valence-corrected chi connectivity index (χ4v) is 3.50. The number of hydrogen-bond donors (Lipinski definition) is 0. The lowest BCUT2D eigenvalue weighted by Gasteiger charge is -2.11. The van der Waals surface area contributed by atoms with Crippen LogP contribution in [-0.4, -0.2) is 24.6 Å². The average Bonchev–Trinajstić information content (AvgIpc) is 2.74. The highest BCUT2D eigenvalue weighted by atomic mass is 32.2. The van der Waals surface area contributed by atoms with Crippen LogP contribution in [0, 0.1) is 6.92 Å². The molecule has 5 heteroatoms. The second-order valence-electron chi connectivity index (χ2n) is 6.51. The van der Waals surface area contributed by atoms with Gasteiger partial charge in [-0.3, -0.25) is 9.59 Å². The maximum atomic E-state index is 12.9. The first-order valence-electron chi connectivity index (χ1n) is 9.18. The molecule has 0 amide bonds. The molecule has 0 atom stereocenters. The van der Waals surface area contributed by atoms with Crippen molar-refractivity contribution in [1.82, 2.24) is 0 Å². The maximum absolute atomic E-state index is 12.9. The van der Waals surface area contributed by atoms with Gasteiger partial charge in [0.15, 0.2) is 5.78 Å². The van der Waals surface area contributed by atoms with Crippen LogP contribution in [-0.2, 0) is 10.5 Å². The monoisotopic (exact) mass is 406 g/mol. The number of esters is 1. The van der Waals surface area contributed by atoms with Gasteiger partial charge in [-0.05, 0) is 24.6 Å². The van der Waals surface area contributed by atoms with Crippen LogP contribution in [0.4, 0.5) is 0 Å². The molecule has 0 spiro atoms. The summed E-state index contributed by atoms with van der Waals surface area (Å²) in [7, 11) is 1.53. The summed E-state index contributed by atoms with van der Waals surface area (Å²) in [6.45, 7) is 1.96. The van der Waals surface area contributed by atoms with E-state index in [9.17, 15) is 9.59 Å². The van der Waals surface area contributed by atoms with Crippen molar-refractivity contribution in [2.24, 2.45) is 0 Å². The molecule has 0 radical (unpaired) electrons. The summed E-state index contributed by atoms with van der Waals surface area (Å²) in [6.07, 6.45) is 0. The maximum Gasteiger partial charge on any atom is 0.321 e. The molecule has 0 N–H and O–H groups in total. The van der Waals surface area contributed by atoms with Crippen LogP contribution in [0.1, 0.15) is 27.0 Å². The van der Waals surface area contributed by atoms with Gasteiger partial charge in [0.05, 0.1) is 18.4 Å². The summed E-state index contributed by atoms with van der Waals surface area (Å²) >= 11 is 1.47. The van der Waals surface area contributed by atoms with Gasteiger partial charge in [-0.2, -0.15) is 0 Å². The smallest absolute Gasteiger partial charge is 0.321 e. The first-order chi connectivity index (χ1) is 14.1. The largest absolute Gasteiger partial charge is 0.497 e. The summed E-state index contributed by atoms with van der Waals surface area (Å²) in [5, 5.41) is 0. The minimum Gasteiger partial charge on any atom is -0.497 e. The fraction of sp³-hybridized carbons (Fsp3) is 0.167. The minimum absolute atomic E-state index is 0.185. The van der Waals surface area contributed by atoms with Crippen molar-refractivity contribution >= 4 is 23.5 Å². The molecule has 0 aliphatic heterocycles. The Bertz CT molecular complexity index is 982. The highest BCUT2D eigenvalue weighted by Gasteiger charge is 2.18. The Balaban J connectivity index is 1.72. The summed E-state index contributed by atoms with van der Waals surface area (Å²) in [5.74, 6) is 1.02. The predicted molar refractivity (Wildman–Crippen MR) is 116 cm³/mol. The molecule has 4 nitrogen and oxygen atoms in total. The summed E-state index contributed by atoms with van der Waals surface area (Å²) in [5.41, 5.74) is 3.08. The van der Waals surface area contributed by atoms with Gasteiger partial charge < -0.3 is 9.47 Å². The second-order valence-corrected chi connectivity index (χ2v) is 7.50. The summed E-state index contributed by atoms with van der Waals surface area (Å²) in [6, 6.07) is 22.1. The number of ether oxygens (including phenoxy) is 2. The normalized spacial score (nSPS) is 10.4. The van der Waals surface area contributed by atoms with Crippen LogP contribution >= 0.6 is 11.8 Å². The fourth-order valence-electron chi connectivity index (χ4n) is 2.74. The molecule has 0 unspecified atom stereocenters. The van der Waals surface area contributed by atoms with Crippen molar-refractivity contribution in [2.45, 2.75) is 12.7 Å². The second kappa shape index (κ2) is 9.94. The van der Waals surface area contributed by atoms with Gasteiger partial charge in [-0.25, -0.2) is 0 Å². The van der Waals surface area contributed by atoms with Crippen molar-refractivity contribution in [3.8, 4) is 11.5 Å². The first-order valence-corrected chi connectivity index (χ1v) is 10.3. The first kappa shape index (κ1) is 20.7. The zero-order valence-electron chi connectivity index (χ0n) is 16.4. The van der Waals surface area contributed by atoms with Crippen molar-refractivity contribution in [3.63, 3.8) is 0 Å². The third-order valence-electron chi connectivity index (χ3n) is 4.30. The Labute approximate surface area is 174 Å². The molecule has 29 heavy (non-hydrogen) atoms. The Morgan fingerprint density at radius 3 is 2.34 bits per heavy atom. The average molecular weight is 407 g/mol. The van der Waals surface area contributed by atoms with E-state index >= 15 is 0 Å². The molecule has 3 aromatic carbocycles. The Hall–Kier alpha value is -3.05. The lowest BCUT2D eigenvalue weighted by Crippen LogP contribution is -2.14. The van der Waals surface area contributed by atoms with Crippen molar-refractivity contribution in [3.05, 3.63) is 95.1 Å². The standard InChI is InChI=1S/C24H22O4S/c1-17-8-10-19(11-9-17)24(26)21-13-12-20(27-2)14-22(21)28-23(25)16-29-15-18-6-4-3-5-7-18/h3-14H,15-16H2,1-2H3. The molecular weight excluding hydrogens is 384 g/mol. The molecule has 0 aliphatic rings. The number of aryl methyl sites for hydroxylation is 1. The Kier molecular flexibility index (Phi) is 7.09. The highest BCUT2D eigenvalue weighted by Crippen LogP contribution is 2.28. The van der Waals surface area contributed by atoms with Crippen LogP contribution in [0.5, 0.6) is 11.5 Å². The van der Waals surface area contributed by atoms with Crippen molar-refractivity contribution in [2.75, 3.05) is 12.9 Å². The van der Waals surface area contributed by atoms with E-state index in [0.717, 1.165) is 11.1 Å². The lowest BCUT2D eigenvalue weighted by molar-refractivity contribution is -0.131. The van der Waals surface area contributed by atoms with Gasteiger partial charge in [-0.15, -0.1) is 11.8 Å². The van der Waals surface area contributed by atoms with E-state index < -0.39 is 5.97 Å². The molecule has 0 heterocycles. The van der Waals surface area contributed by atoms with Crippen LogP contribution in [0.25, 0.3) is 0 Å². The van der Waals surface area contributed by atoms with Gasteiger partial charge >= 0.3 is 5.97 Å². The number of benzene rings is 3. The van der Waals surface area contributed by atoms with Gasteiger partial charge in [0.25, 0.3) is 0 Å². The van der Waals surface area contributed by atoms with Crippen LogP contribution in [0.3, 0.4) is 0 Å². The molecule has 0 aromatic heterocycles. The van der Waals surface area contributed by atoms with E-state index in [1.807, 2.05) is 49.4 Å². The molecule has 0 saturated carbocycles. The molecular formula is C24H22O4S. The molecule has 0 aliphatic carbocycles. The number of thioether (sulfide) groups is 1. The minimum atomic E-state index is -0.405. The Morgan fingerprint density at radius 1 is 0.931 bits per heavy atom. The van der Waals surface area contributed by atoms with Crippen LogP contribution in [0.2, 0.25) is 0 Å². The van der Waals surface area contributed by atoms with Crippen LogP contribution in [0.15, 0.2) is 72.8 Å². The van der Waals surface area contributed by atoms with E-state index in [2.05, 4.69) is 0 Å². The molecule has 0 fully saturated rings. The van der Waals surface area contributed by atoms with E-state index in [1.54, 1.807) is 30.3 Å². The zero-order valence-corrected chi connectivity index (χ0v) is 17.2. The van der Waals surface area contributed by atoms with Gasteiger partial charge in [-0.1, -0.05) is 60.2 Å². The van der Waals surface area contributed by atoms with Crippen LogP contribution < -0.4 is 9.47 Å². The molecule has 148 valence electrons. The molecule has 0 saturated heterocycles. The van der Waals surface area contributed by atoms with E-state index in [0.29, 0.717) is 22.6 Å². The van der Waals surface area contributed by atoms with Crippen molar-refractivity contribution < 1.29 is 19.1 Å². The number of hydrogen-bond acceptors (Lipinski definition) is 5. The summed E-state index contributed by atoms with van der Waals surface area (Å²) < 4.78 is 10.8. The quantitative estimate of drug-likeness (QED) is 0.297. The Morgan fingerprint density at radius 2 is 1.66 bits per heavy atom. The van der Waals surface area contributed by atoms with E-state index in [4.69, 9.17) is 9.47 Å². The third-order valence-corrected chi connectivity index (χ3v) is 5.28.